The van der Waals surface area contributed by atoms with E-state index in [4.69, 9.17) is 9.84 Å². The highest BCUT2D eigenvalue weighted by molar-refractivity contribution is 7.16. The van der Waals surface area contributed by atoms with Crippen LogP contribution in [0.1, 0.15) is 20.8 Å². The van der Waals surface area contributed by atoms with Crippen LogP contribution in [-0.4, -0.2) is 28.2 Å². The number of aromatic carboxylic acids is 1. The summed E-state index contributed by atoms with van der Waals surface area (Å²) in [5.41, 5.74) is 3.56. The largest absolute Gasteiger partial charge is 0.477 e. The normalized spacial score (nSPS) is 10.4. The minimum absolute atomic E-state index is 0.133. The highest BCUT2D eigenvalue weighted by Crippen LogP contribution is 2.29. The molecule has 6 nitrogen and oxygen atoms in total. The van der Waals surface area contributed by atoms with Gasteiger partial charge in [-0.25, -0.2) is 9.78 Å². The van der Waals surface area contributed by atoms with Gasteiger partial charge in [-0.1, -0.05) is 24.3 Å². The number of benzene rings is 1. The molecule has 25 heavy (non-hydrogen) atoms. The van der Waals surface area contributed by atoms with Crippen molar-refractivity contribution >= 4 is 17.3 Å². The number of aromatic nitrogens is 2. The van der Waals surface area contributed by atoms with E-state index in [9.17, 15) is 10.1 Å². The fourth-order valence-corrected chi connectivity index (χ4v) is 3.06. The Kier molecular flexibility index (Phi) is 4.84. The molecule has 0 saturated heterocycles. The van der Waals surface area contributed by atoms with E-state index < -0.39 is 5.97 Å². The molecule has 0 aliphatic heterocycles. The van der Waals surface area contributed by atoms with Gasteiger partial charge in [-0.2, -0.15) is 5.26 Å². The first-order valence-electron chi connectivity index (χ1n) is 7.30. The molecule has 3 aromatic rings. The van der Waals surface area contributed by atoms with Gasteiger partial charge in [0.1, 0.15) is 15.6 Å². The van der Waals surface area contributed by atoms with Gasteiger partial charge in [-0.05, 0) is 17.2 Å². The first kappa shape index (κ1) is 16.8. The van der Waals surface area contributed by atoms with Gasteiger partial charge in [0.05, 0.1) is 24.4 Å². The molecule has 7 heteroatoms. The number of thiazole rings is 1. The monoisotopic (exact) mass is 351 g/mol. The Morgan fingerprint density at radius 2 is 2.04 bits per heavy atom. The molecule has 0 radical (unpaired) electrons. The van der Waals surface area contributed by atoms with E-state index in [1.165, 1.54) is 6.20 Å². The van der Waals surface area contributed by atoms with Gasteiger partial charge in [-0.15, -0.1) is 11.3 Å². The summed E-state index contributed by atoms with van der Waals surface area (Å²) in [6.07, 6.45) is 2.90. The minimum atomic E-state index is -1.03. The van der Waals surface area contributed by atoms with Crippen molar-refractivity contribution in [2.45, 2.75) is 6.61 Å². The molecule has 0 aliphatic carbocycles. The molecule has 0 saturated carbocycles. The average molecular weight is 351 g/mol. The number of pyridine rings is 1. The Bertz CT molecular complexity index is 958. The van der Waals surface area contributed by atoms with Gasteiger partial charge < -0.3 is 9.84 Å². The Labute approximate surface area is 148 Å². The van der Waals surface area contributed by atoms with E-state index in [0.717, 1.165) is 22.5 Å². The van der Waals surface area contributed by atoms with E-state index in [0.29, 0.717) is 28.4 Å². The lowest BCUT2D eigenvalue weighted by molar-refractivity contribution is 0.0702. The Morgan fingerprint density at radius 1 is 1.28 bits per heavy atom. The number of methoxy groups -OCH3 is 1. The molecular formula is C18H13N3O3S. The molecule has 0 fully saturated rings. The number of hydrogen-bond acceptors (Lipinski definition) is 6. The highest BCUT2D eigenvalue weighted by atomic mass is 32.1. The van der Waals surface area contributed by atoms with Crippen molar-refractivity contribution in [3.63, 3.8) is 0 Å². The van der Waals surface area contributed by atoms with Crippen molar-refractivity contribution in [1.82, 2.24) is 9.97 Å². The van der Waals surface area contributed by atoms with Crippen molar-refractivity contribution in [3.8, 4) is 27.9 Å². The zero-order valence-corrected chi connectivity index (χ0v) is 14.1. The smallest absolute Gasteiger partial charge is 0.347 e. The third kappa shape index (κ3) is 3.55. The molecule has 3 rings (SSSR count). The molecule has 1 aromatic carbocycles. The zero-order valence-electron chi connectivity index (χ0n) is 13.3. The van der Waals surface area contributed by atoms with Crippen molar-refractivity contribution in [3.05, 3.63) is 58.7 Å². The van der Waals surface area contributed by atoms with Crippen LogP contribution >= 0.6 is 11.3 Å². The summed E-state index contributed by atoms with van der Waals surface area (Å²) in [6, 6.07) is 11.5. The summed E-state index contributed by atoms with van der Waals surface area (Å²) < 4.78 is 5.09. The lowest BCUT2D eigenvalue weighted by Crippen LogP contribution is -1.91. The van der Waals surface area contributed by atoms with Crippen LogP contribution in [0, 0.1) is 11.3 Å². The molecule has 124 valence electrons. The Balaban J connectivity index is 1.96. The van der Waals surface area contributed by atoms with Gasteiger partial charge in [-0.3, -0.25) is 4.98 Å². The van der Waals surface area contributed by atoms with E-state index in [1.807, 2.05) is 24.3 Å². The highest BCUT2D eigenvalue weighted by Gasteiger charge is 2.14. The number of carbonyl (C=O) groups is 1. The minimum Gasteiger partial charge on any atom is -0.477 e. The zero-order chi connectivity index (χ0) is 17.8. The van der Waals surface area contributed by atoms with Gasteiger partial charge >= 0.3 is 5.97 Å². The molecule has 2 aromatic heterocycles. The number of carboxylic acids is 1. The number of carboxylic acid groups (broad SMARTS) is 1. The molecule has 0 unspecified atom stereocenters. The summed E-state index contributed by atoms with van der Waals surface area (Å²) in [4.78, 5) is 19.5. The second kappa shape index (κ2) is 7.21. The summed E-state index contributed by atoms with van der Waals surface area (Å²) in [7, 11) is 1.64. The fraction of sp³-hybridized carbons (Fsp3) is 0.111. The van der Waals surface area contributed by atoms with Crippen molar-refractivity contribution < 1.29 is 14.6 Å². The SMILES string of the molecule is COCc1ccc(-c2cnc(-c3ncc(C(=O)O)s3)cc2C#N)cc1. The summed E-state index contributed by atoms with van der Waals surface area (Å²) in [5.74, 6) is -1.03. The van der Waals surface area contributed by atoms with Crippen LogP contribution in [0.4, 0.5) is 0 Å². The predicted molar refractivity (Wildman–Crippen MR) is 93.2 cm³/mol. The number of rotatable bonds is 5. The summed E-state index contributed by atoms with van der Waals surface area (Å²) in [5, 5.41) is 18.9. The van der Waals surface area contributed by atoms with Crippen molar-refractivity contribution in [1.29, 1.82) is 5.26 Å². The number of hydrogen-bond donors (Lipinski definition) is 1. The average Bonchev–Trinajstić information content (AvgIpc) is 3.13. The van der Waals surface area contributed by atoms with Gasteiger partial charge in [0, 0.05) is 18.9 Å². The quantitative estimate of drug-likeness (QED) is 0.754. The maximum absolute atomic E-state index is 11.0. The van der Waals surface area contributed by atoms with Crippen LogP contribution in [0.3, 0.4) is 0 Å². The summed E-state index contributed by atoms with van der Waals surface area (Å²) >= 11 is 1.03. The van der Waals surface area contributed by atoms with Gasteiger partial charge in [0.15, 0.2) is 0 Å². The van der Waals surface area contributed by atoms with Crippen molar-refractivity contribution in [2.75, 3.05) is 7.11 Å². The van der Waals surface area contributed by atoms with E-state index in [2.05, 4.69) is 16.0 Å². The van der Waals surface area contributed by atoms with Gasteiger partial charge in [0.2, 0.25) is 0 Å². The lowest BCUT2D eigenvalue weighted by Gasteiger charge is -2.07. The topological polar surface area (TPSA) is 96.1 Å². The molecule has 0 bridgehead atoms. The van der Waals surface area contributed by atoms with Crippen LogP contribution in [0.5, 0.6) is 0 Å². The van der Waals surface area contributed by atoms with Crippen LogP contribution in [0.25, 0.3) is 21.8 Å². The van der Waals surface area contributed by atoms with E-state index in [-0.39, 0.29) is 4.88 Å². The first-order chi connectivity index (χ1) is 12.1. The fourth-order valence-electron chi connectivity index (χ4n) is 2.33. The number of nitrogens with zero attached hydrogens (tertiary/aromatic N) is 3. The van der Waals surface area contributed by atoms with Crippen molar-refractivity contribution in [2.24, 2.45) is 0 Å². The standard InChI is InChI=1S/C18H13N3O3S/c1-24-10-11-2-4-12(5-3-11)14-8-20-15(6-13(14)7-19)17-21-9-16(25-17)18(22)23/h2-6,8-9H,10H2,1H3,(H,22,23). The maximum Gasteiger partial charge on any atom is 0.347 e. The van der Waals surface area contributed by atoms with E-state index >= 15 is 0 Å². The molecule has 0 amide bonds. The summed E-state index contributed by atoms with van der Waals surface area (Å²) in [6.45, 7) is 0.526. The number of ether oxygens (including phenoxy) is 1. The first-order valence-corrected chi connectivity index (χ1v) is 8.12. The van der Waals surface area contributed by atoms with Crippen LogP contribution in [0.2, 0.25) is 0 Å². The predicted octanol–water partition coefficient (Wildman–Crippen LogP) is 3.59. The van der Waals surface area contributed by atoms with Crippen LogP contribution in [-0.2, 0) is 11.3 Å². The molecule has 1 N–H and O–H groups in total. The van der Waals surface area contributed by atoms with Gasteiger partial charge in [0.25, 0.3) is 0 Å². The number of nitriles is 1. The maximum atomic E-state index is 11.0. The Morgan fingerprint density at radius 3 is 2.64 bits per heavy atom. The molecule has 0 aliphatic rings. The van der Waals surface area contributed by atoms with Crippen LogP contribution < -0.4 is 0 Å². The van der Waals surface area contributed by atoms with Crippen LogP contribution in [0.15, 0.2) is 42.7 Å². The molecule has 0 spiro atoms. The second-order valence-electron chi connectivity index (χ2n) is 5.19. The third-order valence-corrected chi connectivity index (χ3v) is 4.54. The molecule has 2 heterocycles. The molecular weight excluding hydrogens is 338 g/mol. The molecule has 0 atom stereocenters. The Hall–Kier alpha value is -3.08. The second-order valence-corrected chi connectivity index (χ2v) is 6.22. The third-order valence-electron chi connectivity index (χ3n) is 3.54. The van der Waals surface area contributed by atoms with E-state index in [1.54, 1.807) is 19.4 Å². The lowest BCUT2D eigenvalue weighted by atomic mass is 10.0.